The SMILES string of the molecule is Cc1c(N2CC[C@@H]([C@H](C)N)C2)c(F)cc2c(NS(C)(=O)=O)cc(=O)n(C3CC3)c12. The van der Waals surface area contributed by atoms with Gasteiger partial charge in [0, 0.05) is 36.6 Å². The van der Waals surface area contributed by atoms with Crippen LogP contribution in [0.3, 0.4) is 0 Å². The van der Waals surface area contributed by atoms with E-state index >= 15 is 4.39 Å². The third-order valence-electron chi connectivity index (χ3n) is 5.99. The fraction of sp³-hybridized carbons (Fsp3) is 0.550. The Hall–Kier alpha value is -2.13. The normalized spacial score (nSPS) is 21.0. The lowest BCUT2D eigenvalue weighted by atomic mass is 10.0. The standard InChI is InChI=1S/C20H27FN4O3S/c1-11-19-15(8-16(21)20(11)24-7-6-13(10-24)12(2)22)17(23-29(3,27)28)9-18(26)25(19)14-4-5-14/h8-9,12-14,23H,4-7,10,22H2,1-3H3/t12-,13+/m0/s1. The predicted octanol–water partition coefficient (Wildman–Crippen LogP) is 2.33. The number of hydrogen-bond acceptors (Lipinski definition) is 5. The number of nitrogens with one attached hydrogen (secondary N) is 1. The van der Waals surface area contributed by atoms with Crippen LogP contribution < -0.4 is 20.9 Å². The number of aryl methyl sites for hydroxylation is 1. The number of halogens is 1. The number of nitrogens with zero attached hydrogens (tertiary/aromatic N) is 2. The summed E-state index contributed by atoms with van der Waals surface area (Å²) in [5, 5.41) is 0.406. The smallest absolute Gasteiger partial charge is 0.253 e. The fourth-order valence-corrected chi connectivity index (χ4v) is 5.01. The number of aromatic nitrogens is 1. The van der Waals surface area contributed by atoms with Crippen LogP contribution >= 0.6 is 0 Å². The number of anilines is 2. The Bertz CT molecular complexity index is 1140. The highest BCUT2D eigenvalue weighted by molar-refractivity contribution is 7.92. The van der Waals surface area contributed by atoms with Crippen LogP contribution in [0.5, 0.6) is 0 Å². The minimum atomic E-state index is -3.62. The van der Waals surface area contributed by atoms with Gasteiger partial charge in [-0.1, -0.05) is 0 Å². The summed E-state index contributed by atoms with van der Waals surface area (Å²) in [6.07, 6.45) is 3.67. The molecule has 1 aromatic heterocycles. The number of rotatable bonds is 5. The molecule has 2 fully saturated rings. The molecule has 0 spiro atoms. The van der Waals surface area contributed by atoms with Gasteiger partial charge in [-0.2, -0.15) is 0 Å². The maximum atomic E-state index is 15.3. The van der Waals surface area contributed by atoms with Gasteiger partial charge >= 0.3 is 0 Å². The average Bonchev–Trinajstić information content (AvgIpc) is 3.31. The van der Waals surface area contributed by atoms with E-state index in [0.29, 0.717) is 35.2 Å². The van der Waals surface area contributed by atoms with E-state index in [4.69, 9.17) is 5.73 Å². The van der Waals surface area contributed by atoms with Crippen LogP contribution in [-0.4, -0.2) is 38.4 Å². The Labute approximate surface area is 169 Å². The second-order valence-electron chi connectivity index (χ2n) is 8.45. The molecule has 1 aliphatic carbocycles. The van der Waals surface area contributed by atoms with E-state index in [9.17, 15) is 13.2 Å². The highest BCUT2D eigenvalue weighted by atomic mass is 32.2. The lowest BCUT2D eigenvalue weighted by Gasteiger charge is -2.25. The number of nitrogens with two attached hydrogens (primary N) is 1. The Kier molecular flexibility index (Phi) is 4.85. The minimum absolute atomic E-state index is 0.0269. The summed E-state index contributed by atoms with van der Waals surface area (Å²) >= 11 is 0. The Morgan fingerprint density at radius 2 is 1.97 bits per heavy atom. The van der Waals surface area contributed by atoms with E-state index in [1.54, 1.807) is 4.57 Å². The third-order valence-corrected chi connectivity index (χ3v) is 6.58. The number of sulfonamides is 1. The number of benzene rings is 1. The molecule has 7 nitrogen and oxygen atoms in total. The molecule has 9 heteroatoms. The van der Waals surface area contributed by atoms with Crippen LogP contribution in [0.4, 0.5) is 15.8 Å². The molecule has 1 aliphatic heterocycles. The van der Waals surface area contributed by atoms with Crippen molar-refractivity contribution in [2.75, 3.05) is 29.0 Å². The van der Waals surface area contributed by atoms with Crippen LogP contribution in [0, 0.1) is 18.7 Å². The zero-order valence-corrected chi connectivity index (χ0v) is 17.7. The van der Waals surface area contributed by atoms with E-state index in [0.717, 1.165) is 25.5 Å². The minimum Gasteiger partial charge on any atom is -0.369 e. The van der Waals surface area contributed by atoms with Gasteiger partial charge in [0.2, 0.25) is 10.0 Å². The molecule has 3 N–H and O–H groups in total. The van der Waals surface area contributed by atoms with E-state index in [1.165, 1.54) is 12.1 Å². The second-order valence-corrected chi connectivity index (χ2v) is 10.2. The van der Waals surface area contributed by atoms with E-state index in [1.807, 2.05) is 18.7 Å². The first-order valence-electron chi connectivity index (χ1n) is 9.93. The Balaban J connectivity index is 1.95. The second kappa shape index (κ2) is 6.98. The molecular weight excluding hydrogens is 395 g/mol. The zero-order valence-electron chi connectivity index (χ0n) is 16.9. The highest BCUT2D eigenvalue weighted by Crippen LogP contribution is 2.41. The van der Waals surface area contributed by atoms with Crippen LogP contribution in [0.1, 0.15) is 37.8 Å². The lowest BCUT2D eigenvalue weighted by Crippen LogP contribution is -2.30. The lowest BCUT2D eigenvalue weighted by molar-refractivity contribution is 0.487. The van der Waals surface area contributed by atoms with Crippen molar-refractivity contribution in [3.8, 4) is 0 Å². The first kappa shape index (κ1) is 20.2. The fourth-order valence-electron chi connectivity index (χ4n) is 4.44. The molecule has 2 aliphatic rings. The summed E-state index contributed by atoms with van der Waals surface area (Å²) in [5.74, 6) is -0.133. The molecule has 2 atom stereocenters. The van der Waals surface area contributed by atoms with E-state index < -0.39 is 15.8 Å². The van der Waals surface area contributed by atoms with Gasteiger partial charge < -0.3 is 15.2 Å². The molecule has 0 bridgehead atoms. The van der Waals surface area contributed by atoms with Crippen molar-refractivity contribution in [3.63, 3.8) is 0 Å². The summed E-state index contributed by atoms with van der Waals surface area (Å²) < 4.78 is 43.0. The van der Waals surface area contributed by atoms with Crippen molar-refractivity contribution in [2.24, 2.45) is 11.7 Å². The molecule has 0 amide bonds. The van der Waals surface area contributed by atoms with Crippen molar-refractivity contribution < 1.29 is 12.8 Å². The molecule has 1 aromatic carbocycles. The predicted molar refractivity (Wildman–Crippen MR) is 114 cm³/mol. The van der Waals surface area contributed by atoms with Crippen molar-refractivity contribution in [2.45, 2.75) is 45.2 Å². The van der Waals surface area contributed by atoms with Gasteiger partial charge in [-0.15, -0.1) is 0 Å². The molecule has 2 heterocycles. The van der Waals surface area contributed by atoms with E-state index in [2.05, 4.69) is 4.72 Å². The van der Waals surface area contributed by atoms with Crippen molar-refractivity contribution >= 4 is 32.3 Å². The van der Waals surface area contributed by atoms with Gasteiger partial charge in [0.05, 0.1) is 23.1 Å². The topological polar surface area (TPSA) is 97.4 Å². The number of hydrogen-bond donors (Lipinski definition) is 2. The quantitative estimate of drug-likeness (QED) is 0.771. The average molecular weight is 423 g/mol. The van der Waals surface area contributed by atoms with Gasteiger partial charge in [-0.25, -0.2) is 12.8 Å². The highest BCUT2D eigenvalue weighted by Gasteiger charge is 2.32. The molecule has 4 rings (SSSR count). The molecular formula is C20H27FN4O3S. The molecule has 29 heavy (non-hydrogen) atoms. The molecule has 0 unspecified atom stereocenters. The molecule has 0 radical (unpaired) electrons. The van der Waals surface area contributed by atoms with Gasteiger partial charge in [-0.05, 0) is 50.7 Å². The maximum Gasteiger partial charge on any atom is 0.253 e. The molecule has 1 saturated carbocycles. The summed E-state index contributed by atoms with van der Waals surface area (Å²) in [6, 6.07) is 2.70. The number of fused-ring (bicyclic) bond motifs is 1. The monoisotopic (exact) mass is 422 g/mol. The van der Waals surface area contributed by atoms with Gasteiger partial charge in [-0.3, -0.25) is 9.52 Å². The van der Waals surface area contributed by atoms with Gasteiger partial charge in [0.25, 0.3) is 5.56 Å². The van der Waals surface area contributed by atoms with Crippen LogP contribution in [0.15, 0.2) is 16.9 Å². The van der Waals surface area contributed by atoms with Crippen LogP contribution in [0.2, 0.25) is 0 Å². The third kappa shape index (κ3) is 3.73. The maximum absolute atomic E-state index is 15.3. The van der Waals surface area contributed by atoms with E-state index in [-0.39, 0.29) is 29.2 Å². The Morgan fingerprint density at radius 3 is 2.52 bits per heavy atom. The zero-order chi connectivity index (χ0) is 21.1. The van der Waals surface area contributed by atoms with Gasteiger partial charge in [0.15, 0.2) is 0 Å². The van der Waals surface area contributed by atoms with Crippen molar-refractivity contribution in [1.29, 1.82) is 0 Å². The van der Waals surface area contributed by atoms with Crippen LogP contribution in [0.25, 0.3) is 10.9 Å². The first-order valence-corrected chi connectivity index (χ1v) is 11.8. The number of pyridine rings is 1. The molecule has 158 valence electrons. The van der Waals surface area contributed by atoms with Gasteiger partial charge in [0.1, 0.15) is 5.82 Å². The van der Waals surface area contributed by atoms with Crippen LogP contribution in [-0.2, 0) is 10.0 Å². The van der Waals surface area contributed by atoms with Crippen molar-refractivity contribution in [1.82, 2.24) is 4.57 Å². The van der Waals surface area contributed by atoms with Crippen molar-refractivity contribution in [3.05, 3.63) is 33.9 Å². The summed E-state index contributed by atoms with van der Waals surface area (Å²) in [6.45, 7) is 5.13. The molecule has 1 saturated heterocycles. The summed E-state index contributed by atoms with van der Waals surface area (Å²) in [5.41, 5.74) is 7.63. The molecule has 2 aromatic rings. The summed E-state index contributed by atoms with van der Waals surface area (Å²) in [7, 11) is -3.62. The Morgan fingerprint density at radius 1 is 1.28 bits per heavy atom. The largest absolute Gasteiger partial charge is 0.369 e. The summed E-state index contributed by atoms with van der Waals surface area (Å²) in [4.78, 5) is 14.8. The first-order chi connectivity index (χ1) is 13.6.